The highest BCUT2D eigenvalue weighted by Gasteiger charge is 2.69. The van der Waals surface area contributed by atoms with E-state index >= 15 is 0 Å². The van der Waals surface area contributed by atoms with Crippen molar-refractivity contribution in [3.63, 3.8) is 0 Å². The molecule has 0 radical (unpaired) electrons. The number of nitrogens with one attached hydrogen (secondary N) is 1. The van der Waals surface area contributed by atoms with Crippen molar-refractivity contribution >= 4 is 18.4 Å². The Balaban J connectivity index is 0.00000316. The monoisotopic (exact) mass is 597 g/mol. The summed E-state index contributed by atoms with van der Waals surface area (Å²) >= 11 is 0. The molecule has 7 rings (SSSR count). The van der Waals surface area contributed by atoms with E-state index in [0.29, 0.717) is 17.9 Å². The first kappa shape index (κ1) is 30.7. The van der Waals surface area contributed by atoms with Crippen LogP contribution < -0.4 is 5.32 Å². The molecule has 2 heterocycles. The van der Waals surface area contributed by atoms with E-state index < -0.39 is 11.4 Å². The van der Waals surface area contributed by atoms with Gasteiger partial charge in [-0.15, -0.1) is 12.4 Å². The summed E-state index contributed by atoms with van der Waals surface area (Å²) in [7, 11) is 0. The molecule has 1 aromatic rings. The van der Waals surface area contributed by atoms with Crippen LogP contribution in [0.4, 0.5) is 0 Å². The molecule has 0 amide bonds. The van der Waals surface area contributed by atoms with Gasteiger partial charge in [0.1, 0.15) is 0 Å². The molecule has 5 nitrogen and oxygen atoms in total. The molecular formula is C36H56ClN3O2. The van der Waals surface area contributed by atoms with Gasteiger partial charge in [0, 0.05) is 11.6 Å². The van der Waals surface area contributed by atoms with Gasteiger partial charge in [-0.05, 0) is 129 Å². The van der Waals surface area contributed by atoms with Crippen LogP contribution in [0.25, 0.3) is 0 Å². The molecular weight excluding hydrogens is 542 g/mol. The fraction of sp³-hybridized carbons (Fsp3) is 0.833. The van der Waals surface area contributed by atoms with Gasteiger partial charge in [-0.3, -0.25) is 9.48 Å². The van der Waals surface area contributed by atoms with Gasteiger partial charge in [0.15, 0.2) is 0 Å². The normalized spacial score (nSPS) is 43.8. The van der Waals surface area contributed by atoms with Crippen LogP contribution in [0.2, 0.25) is 0 Å². The number of halogens is 1. The summed E-state index contributed by atoms with van der Waals surface area (Å²) in [5.41, 5.74) is 4.59. The van der Waals surface area contributed by atoms with Crippen molar-refractivity contribution in [1.29, 1.82) is 0 Å². The molecule has 1 aliphatic heterocycles. The van der Waals surface area contributed by atoms with Crippen molar-refractivity contribution in [1.82, 2.24) is 15.1 Å². The average molecular weight is 598 g/mol. The van der Waals surface area contributed by atoms with Crippen molar-refractivity contribution in [3.05, 3.63) is 29.1 Å². The second kappa shape index (κ2) is 9.59. The molecule has 1 saturated heterocycles. The first-order valence-electron chi connectivity index (χ1n) is 16.9. The summed E-state index contributed by atoms with van der Waals surface area (Å²) in [5, 5.41) is 19.5. The molecule has 0 aromatic carbocycles. The molecule has 0 unspecified atom stereocenters. The Morgan fingerprint density at radius 1 is 0.952 bits per heavy atom. The van der Waals surface area contributed by atoms with Gasteiger partial charge in [-0.2, -0.15) is 5.10 Å². The summed E-state index contributed by atoms with van der Waals surface area (Å²) in [6, 6.07) is 0.522. The van der Waals surface area contributed by atoms with Gasteiger partial charge in [-0.1, -0.05) is 60.1 Å². The fourth-order valence-corrected chi connectivity index (χ4v) is 12.4. The lowest BCUT2D eigenvalue weighted by atomic mass is 9.33. The fourth-order valence-electron chi connectivity index (χ4n) is 12.4. The van der Waals surface area contributed by atoms with Crippen molar-refractivity contribution in [2.45, 2.75) is 131 Å². The molecule has 1 aromatic heterocycles. The summed E-state index contributed by atoms with van der Waals surface area (Å²) < 4.78 is 2.35. The number of aliphatic carboxylic acids is 1. The first-order chi connectivity index (χ1) is 19.2. The number of allylic oxidation sites excluding steroid dienone is 2. The molecule has 3 saturated carbocycles. The number of rotatable bonds is 2. The third kappa shape index (κ3) is 3.90. The topological polar surface area (TPSA) is 67.2 Å². The number of aromatic nitrogens is 2. The molecule has 42 heavy (non-hydrogen) atoms. The predicted molar refractivity (Wildman–Crippen MR) is 171 cm³/mol. The van der Waals surface area contributed by atoms with Crippen LogP contribution in [0.3, 0.4) is 0 Å². The molecule has 0 bridgehead atoms. The van der Waals surface area contributed by atoms with Crippen molar-refractivity contribution in [2.24, 2.45) is 44.8 Å². The maximum atomic E-state index is 13.0. The van der Waals surface area contributed by atoms with Crippen molar-refractivity contribution < 1.29 is 9.90 Å². The zero-order valence-electron chi connectivity index (χ0n) is 27.3. The van der Waals surface area contributed by atoms with Crippen LogP contribution in [0.5, 0.6) is 0 Å². The molecule has 7 atom stereocenters. The molecule has 4 fully saturated rings. The van der Waals surface area contributed by atoms with E-state index in [4.69, 9.17) is 5.10 Å². The highest BCUT2D eigenvalue weighted by Crippen LogP contribution is 2.75. The second-order valence-corrected chi connectivity index (χ2v) is 17.5. The molecule has 5 aliphatic carbocycles. The number of hydrogen-bond donors (Lipinski definition) is 2. The average Bonchev–Trinajstić information content (AvgIpc) is 3.33. The van der Waals surface area contributed by atoms with Crippen LogP contribution in [0.1, 0.15) is 130 Å². The van der Waals surface area contributed by atoms with Crippen LogP contribution >= 0.6 is 12.4 Å². The number of hydrogen-bond acceptors (Lipinski definition) is 3. The van der Waals surface area contributed by atoms with E-state index in [2.05, 4.69) is 70.7 Å². The third-order valence-electron chi connectivity index (χ3n) is 14.9. The van der Waals surface area contributed by atoms with E-state index in [1.165, 1.54) is 42.5 Å². The van der Waals surface area contributed by atoms with E-state index in [9.17, 15) is 9.90 Å². The summed E-state index contributed by atoms with van der Waals surface area (Å²) in [4.78, 5) is 13.0. The molecule has 6 aliphatic rings. The lowest BCUT2D eigenvalue weighted by Crippen LogP contribution is -2.64. The molecule has 0 spiro atoms. The number of carboxylic acids is 1. The van der Waals surface area contributed by atoms with Crippen LogP contribution in [0.15, 0.2) is 17.8 Å². The van der Waals surface area contributed by atoms with Crippen molar-refractivity contribution in [2.75, 3.05) is 13.1 Å². The smallest absolute Gasteiger partial charge is 0.310 e. The molecule has 6 heteroatoms. The van der Waals surface area contributed by atoms with Crippen LogP contribution in [-0.4, -0.2) is 33.9 Å². The standard InChI is InChI=1S/C36H55N3O2.ClH/c1-31(2)14-16-36(30(40)41)17-15-34(6)25(26(36)21-31)8-9-28-33(5)20-23-22-39(24-11-18-37-19-12-24)38-29(23)32(3,4)27(33)10-13-35(28,34)7;/h8,22,24,26-28,37H,9-21H2,1-7H3,(H,40,41);1H/t26-,27-,28+,33-,34+,35+,36-;/m0./s1. The van der Waals surface area contributed by atoms with Gasteiger partial charge >= 0.3 is 5.97 Å². The molecule has 234 valence electrons. The van der Waals surface area contributed by atoms with E-state index in [1.54, 1.807) is 0 Å². The van der Waals surface area contributed by atoms with E-state index in [-0.39, 0.29) is 45.4 Å². The quantitative estimate of drug-likeness (QED) is 0.338. The largest absolute Gasteiger partial charge is 0.481 e. The summed E-state index contributed by atoms with van der Waals surface area (Å²) in [6.07, 6.45) is 16.9. The minimum Gasteiger partial charge on any atom is -0.481 e. The van der Waals surface area contributed by atoms with Crippen molar-refractivity contribution in [3.8, 4) is 0 Å². The number of nitrogens with zero attached hydrogens (tertiary/aromatic N) is 2. The van der Waals surface area contributed by atoms with E-state index in [1.807, 2.05) is 0 Å². The number of piperidine rings is 1. The SMILES string of the molecule is CC1(C)CC[C@]2(C(=O)O)CC[C@]3(C)C(=CC[C@@H]4[C@@]5(C)Cc6cn(C7CCNCC7)nc6C(C)(C)[C@@H]5CC[C@]43C)[C@@H]2C1.Cl. The van der Waals surface area contributed by atoms with Gasteiger partial charge in [0.2, 0.25) is 0 Å². The van der Waals surface area contributed by atoms with Gasteiger partial charge in [0.25, 0.3) is 0 Å². The third-order valence-corrected chi connectivity index (χ3v) is 14.9. The highest BCUT2D eigenvalue weighted by molar-refractivity contribution is 5.85. The number of fused-ring (bicyclic) bond motifs is 8. The minimum atomic E-state index is -0.559. The Morgan fingerprint density at radius 3 is 2.33 bits per heavy atom. The first-order valence-corrected chi connectivity index (χ1v) is 16.9. The van der Waals surface area contributed by atoms with Gasteiger partial charge in [0.05, 0.1) is 17.2 Å². The number of carboxylic acid groups (broad SMARTS) is 1. The Morgan fingerprint density at radius 2 is 1.64 bits per heavy atom. The Bertz CT molecular complexity index is 1290. The zero-order valence-corrected chi connectivity index (χ0v) is 28.1. The van der Waals surface area contributed by atoms with Gasteiger partial charge < -0.3 is 10.4 Å². The lowest BCUT2D eigenvalue weighted by Gasteiger charge is -2.70. The molecule has 2 N–H and O–H groups in total. The minimum absolute atomic E-state index is 0. The van der Waals surface area contributed by atoms with E-state index in [0.717, 1.165) is 58.0 Å². The van der Waals surface area contributed by atoms with Gasteiger partial charge in [-0.25, -0.2) is 0 Å². The maximum absolute atomic E-state index is 13.0. The summed E-state index contributed by atoms with van der Waals surface area (Å²) in [6.45, 7) is 19.8. The predicted octanol–water partition coefficient (Wildman–Crippen LogP) is 8.13. The Kier molecular flexibility index (Phi) is 7.00. The summed E-state index contributed by atoms with van der Waals surface area (Å²) in [5.74, 6) is 0.872. The second-order valence-electron chi connectivity index (χ2n) is 17.5. The van der Waals surface area contributed by atoms with Crippen LogP contribution in [-0.2, 0) is 16.6 Å². The maximum Gasteiger partial charge on any atom is 0.310 e. The Hall–Kier alpha value is -1.33. The number of carbonyl (C=O) groups is 1. The Labute approximate surface area is 260 Å². The zero-order chi connectivity index (χ0) is 29.2. The van der Waals surface area contributed by atoms with Crippen LogP contribution in [0, 0.1) is 44.8 Å². The lowest BCUT2D eigenvalue weighted by molar-refractivity contribution is -0.177. The highest BCUT2D eigenvalue weighted by atomic mass is 35.5.